The van der Waals surface area contributed by atoms with Crippen LogP contribution < -0.4 is 5.32 Å². The summed E-state index contributed by atoms with van der Waals surface area (Å²) in [6, 6.07) is 12.6. The van der Waals surface area contributed by atoms with Gasteiger partial charge in [0.25, 0.3) is 0 Å². The van der Waals surface area contributed by atoms with Gasteiger partial charge in [-0.2, -0.15) is 0 Å². The highest BCUT2D eigenvalue weighted by Gasteiger charge is 2.14. The highest BCUT2D eigenvalue weighted by atomic mass is 35.5. The van der Waals surface area contributed by atoms with E-state index >= 15 is 0 Å². The second-order valence-electron chi connectivity index (χ2n) is 4.27. The summed E-state index contributed by atoms with van der Waals surface area (Å²) in [6.45, 7) is 1.92. The minimum atomic E-state index is -0.206. The molecule has 0 aliphatic carbocycles. The first-order chi connectivity index (χ1) is 8.61. The zero-order valence-electron chi connectivity index (χ0n) is 10.4. The Morgan fingerprint density at radius 1 is 1.11 bits per heavy atom. The van der Waals surface area contributed by atoms with Crippen molar-refractivity contribution in [1.29, 1.82) is 0 Å². The minimum Gasteiger partial charge on any atom is -0.309 e. The van der Waals surface area contributed by atoms with Crippen molar-refractivity contribution in [3.05, 3.63) is 70.0 Å². The number of hydrogen-bond donors (Lipinski definition) is 1. The van der Waals surface area contributed by atoms with Crippen molar-refractivity contribution >= 4 is 11.6 Å². The fourth-order valence-electron chi connectivity index (χ4n) is 2.12. The van der Waals surface area contributed by atoms with E-state index in [2.05, 4.69) is 5.32 Å². The number of rotatable bonds is 3. The molecular formula is C15H15ClFN. The first-order valence-electron chi connectivity index (χ1n) is 5.80. The maximum Gasteiger partial charge on any atom is 0.123 e. The van der Waals surface area contributed by atoms with Crippen LogP contribution in [0.4, 0.5) is 4.39 Å². The molecule has 0 saturated heterocycles. The third kappa shape index (κ3) is 2.71. The molecule has 0 bridgehead atoms. The van der Waals surface area contributed by atoms with Crippen molar-refractivity contribution in [1.82, 2.24) is 5.32 Å². The second-order valence-corrected chi connectivity index (χ2v) is 4.71. The van der Waals surface area contributed by atoms with Crippen LogP contribution in [-0.4, -0.2) is 7.05 Å². The topological polar surface area (TPSA) is 12.0 Å². The van der Waals surface area contributed by atoms with Gasteiger partial charge in [-0.25, -0.2) is 4.39 Å². The summed E-state index contributed by atoms with van der Waals surface area (Å²) in [6.07, 6.45) is 0. The maximum absolute atomic E-state index is 13.1. The van der Waals surface area contributed by atoms with E-state index in [0.717, 1.165) is 16.7 Å². The molecule has 0 aliphatic heterocycles. The Morgan fingerprint density at radius 3 is 2.33 bits per heavy atom. The average molecular weight is 264 g/mol. The van der Waals surface area contributed by atoms with Gasteiger partial charge in [-0.15, -0.1) is 0 Å². The summed E-state index contributed by atoms with van der Waals surface area (Å²) in [4.78, 5) is 0. The molecule has 1 N–H and O–H groups in total. The van der Waals surface area contributed by atoms with Gasteiger partial charge >= 0.3 is 0 Å². The predicted molar refractivity (Wildman–Crippen MR) is 73.5 cm³/mol. The molecule has 0 saturated carbocycles. The lowest BCUT2D eigenvalue weighted by Crippen LogP contribution is -2.18. The van der Waals surface area contributed by atoms with Crippen molar-refractivity contribution in [3.63, 3.8) is 0 Å². The second kappa shape index (κ2) is 5.51. The van der Waals surface area contributed by atoms with Gasteiger partial charge in [0.1, 0.15) is 5.82 Å². The third-order valence-electron chi connectivity index (χ3n) is 3.03. The largest absolute Gasteiger partial charge is 0.309 e. The van der Waals surface area contributed by atoms with Crippen LogP contribution in [0.1, 0.15) is 22.7 Å². The van der Waals surface area contributed by atoms with E-state index in [1.165, 1.54) is 6.07 Å². The van der Waals surface area contributed by atoms with Crippen molar-refractivity contribution < 1.29 is 4.39 Å². The van der Waals surface area contributed by atoms with E-state index in [1.807, 2.05) is 44.3 Å². The fourth-order valence-corrected chi connectivity index (χ4v) is 2.25. The van der Waals surface area contributed by atoms with Crippen LogP contribution in [0, 0.1) is 12.7 Å². The minimum absolute atomic E-state index is 0.0443. The molecule has 1 nitrogen and oxygen atoms in total. The molecule has 18 heavy (non-hydrogen) atoms. The third-order valence-corrected chi connectivity index (χ3v) is 3.29. The Balaban J connectivity index is 2.41. The first kappa shape index (κ1) is 13.1. The summed E-state index contributed by atoms with van der Waals surface area (Å²) in [5.74, 6) is -0.206. The molecule has 1 atom stereocenters. The van der Waals surface area contributed by atoms with E-state index in [0.29, 0.717) is 5.02 Å². The predicted octanol–water partition coefficient (Wildman–Crippen LogP) is 4.10. The maximum atomic E-state index is 13.1. The summed E-state index contributed by atoms with van der Waals surface area (Å²) in [5.41, 5.74) is 3.11. The zero-order valence-corrected chi connectivity index (χ0v) is 11.1. The van der Waals surface area contributed by atoms with Gasteiger partial charge in [0.15, 0.2) is 0 Å². The molecule has 0 heterocycles. The molecule has 0 spiro atoms. The normalized spacial score (nSPS) is 12.4. The number of hydrogen-bond acceptors (Lipinski definition) is 1. The average Bonchev–Trinajstić information content (AvgIpc) is 2.35. The Labute approximate surface area is 112 Å². The molecule has 0 amide bonds. The quantitative estimate of drug-likeness (QED) is 0.879. The first-order valence-corrected chi connectivity index (χ1v) is 6.18. The van der Waals surface area contributed by atoms with Gasteiger partial charge < -0.3 is 5.32 Å². The highest BCUT2D eigenvalue weighted by molar-refractivity contribution is 6.30. The zero-order chi connectivity index (χ0) is 13.1. The SMILES string of the molecule is CNC(c1ccc(Cl)cc1)c1ccc(F)cc1C. The number of benzene rings is 2. The van der Waals surface area contributed by atoms with Gasteiger partial charge in [0, 0.05) is 5.02 Å². The molecule has 0 radical (unpaired) electrons. The van der Waals surface area contributed by atoms with E-state index < -0.39 is 0 Å². The van der Waals surface area contributed by atoms with Crippen LogP contribution in [0.15, 0.2) is 42.5 Å². The molecule has 0 fully saturated rings. The molecule has 2 aromatic carbocycles. The lowest BCUT2D eigenvalue weighted by molar-refractivity contribution is 0.621. The highest BCUT2D eigenvalue weighted by Crippen LogP contribution is 2.26. The lowest BCUT2D eigenvalue weighted by Gasteiger charge is -2.19. The van der Waals surface area contributed by atoms with E-state index in [9.17, 15) is 4.39 Å². The van der Waals surface area contributed by atoms with Crippen LogP contribution in [0.5, 0.6) is 0 Å². The Hall–Kier alpha value is -1.38. The monoisotopic (exact) mass is 263 g/mol. The van der Waals surface area contributed by atoms with Crippen molar-refractivity contribution in [2.75, 3.05) is 7.05 Å². The summed E-state index contributed by atoms with van der Waals surface area (Å²) >= 11 is 5.89. The molecular weight excluding hydrogens is 249 g/mol. The molecule has 94 valence electrons. The Morgan fingerprint density at radius 2 is 1.78 bits per heavy atom. The van der Waals surface area contributed by atoms with Gasteiger partial charge in [0.05, 0.1) is 6.04 Å². The van der Waals surface area contributed by atoms with E-state index in [1.54, 1.807) is 6.07 Å². The Bertz CT molecular complexity index is 537. The van der Waals surface area contributed by atoms with Crippen LogP contribution in [0.25, 0.3) is 0 Å². The Kier molecular flexibility index (Phi) is 4.00. The van der Waals surface area contributed by atoms with E-state index in [-0.39, 0.29) is 11.9 Å². The molecule has 3 heteroatoms. The van der Waals surface area contributed by atoms with Gasteiger partial charge in [-0.05, 0) is 54.9 Å². The fraction of sp³-hybridized carbons (Fsp3) is 0.200. The lowest BCUT2D eigenvalue weighted by atomic mass is 9.95. The molecule has 1 unspecified atom stereocenters. The van der Waals surface area contributed by atoms with Crippen molar-refractivity contribution in [2.45, 2.75) is 13.0 Å². The number of aryl methyl sites for hydroxylation is 1. The van der Waals surface area contributed by atoms with Crippen LogP contribution >= 0.6 is 11.6 Å². The smallest absolute Gasteiger partial charge is 0.123 e. The van der Waals surface area contributed by atoms with Gasteiger partial charge in [0.2, 0.25) is 0 Å². The van der Waals surface area contributed by atoms with E-state index in [4.69, 9.17) is 11.6 Å². The van der Waals surface area contributed by atoms with Gasteiger partial charge in [-0.1, -0.05) is 29.8 Å². The number of nitrogens with one attached hydrogen (secondary N) is 1. The summed E-state index contributed by atoms with van der Waals surface area (Å²) in [7, 11) is 1.89. The molecule has 2 aromatic rings. The van der Waals surface area contributed by atoms with Gasteiger partial charge in [-0.3, -0.25) is 0 Å². The standard InChI is InChI=1S/C15H15ClFN/c1-10-9-13(17)7-8-14(10)15(18-2)11-3-5-12(16)6-4-11/h3-9,15,18H,1-2H3. The van der Waals surface area contributed by atoms with Crippen molar-refractivity contribution in [2.24, 2.45) is 0 Å². The van der Waals surface area contributed by atoms with Crippen molar-refractivity contribution in [3.8, 4) is 0 Å². The summed E-state index contributed by atoms with van der Waals surface area (Å²) in [5, 5.41) is 3.96. The molecule has 0 aliphatic rings. The van der Waals surface area contributed by atoms with Crippen LogP contribution in [-0.2, 0) is 0 Å². The number of halogens is 2. The summed E-state index contributed by atoms with van der Waals surface area (Å²) < 4.78 is 13.1. The molecule has 0 aromatic heterocycles. The van der Waals surface area contributed by atoms with Crippen LogP contribution in [0.2, 0.25) is 5.02 Å². The van der Waals surface area contributed by atoms with Crippen LogP contribution in [0.3, 0.4) is 0 Å². The molecule has 2 rings (SSSR count).